The summed E-state index contributed by atoms with van der Waals surface area (Å²) >= 11 is 5.60. The highest BCUT2D eigenvalue weighted by atomic mass is 35.5. The van der Waals surface area contributed by atoms with Crippen LogP contribution in [-0.4, -0.2) is 5.78 Å². The van der Waals surface area contributed by atoms with E-state index in [2.05, 4.69) is 0 Å². The lowest BCUT2D eigenvalue weighted by Gasteiger charge is -2.03. The number of Topliss-reactive ketones (excluding diaryl/α,β-unsaturated/α-hetero) is 1. The first-order chi connectivity index (χ1) is 8.56. The third-order valence-corrected chi connectivity index (χ3v) is 2.72. The molecule has 0 amide bonds. The van der Waals surface area contributed by atoms with Crippen LogP contribution < -0.4 is 0 Å². The topological polar surface area (TPSA) is 17.1 Å². The molecule has 0 aliphatic heterocycles. The number of halogens is 3. The smallest absolute Gasteiger partial charge is 0.170 e. The molecule has 2 aromatic rings. The summed E-state index contributed by atoms with van der Waals surface area (Å²) in [6.45, 7) is 0. The van der Waals surface area contributed by atoms with E-state index in [0.29, 0.717) is 5.56 Å². The van der Waals surface area contributed by atoms with Crippen molar-refractivity contribution in [2.45, 2.75) is 6.42 Å². The fourth-order valence-electron chi connectivity index (χ4n) is 1.64. The lowest BCUT2D eigenvalue weighted by atomic mass is 10.0. The molecule has 0 bridgehead atoms. The van der Waals surface area contributed by atoms with Crippen LogP contribution in [0.1, 0.15) is 15.9 Å². The van der Waals surface area contributed by atoms with Crippen LogP contribution >= 0.6 is 11.6 Å². The van der Waals surface area contributed by atoms with Crippen molar-refractivity contribution in [3.8, 4) is 0 Å². The van der Waals surface area contributed by atoms with Crippen LogP contribution in [0.5, 0.6) is 0 Å². The van der Waals surface area contributed by atoms with Gasteiger partial charge in [-0.1, -0.05) is 23.7 Å². The zero-order valence-electron chi connectivity index (χ0n) is 9.29. The second-order valence-electron chi connectivity index (χ2n) is 3.85. The first-order valence-electron chi connectivity index (χ1n) is 5.29. The van der Waals surface area contributed by atoms with Gasteiger partial charge in [-0.05, 0) is 35.9 Å². The normalized spacial score (nSPS) is 10.4. The average molecular weight is 267 g/mol. The molecule has 0 saturated carbocycles. The summed E-state index contributed by atoms with van der Waals surface area (Å²) in [6, 6.07) is 9.54. The van der Waals surface area contributed by atoms with Crippen molar-refractivity contribution in [2.75, 3.05) is 0 Å². The molecule has 0 spiro atoms. The first-order valence-corrected chi connectivity index (χ1v) is 5.67. The molecule has 0 aliphatic rings. The molecule has 4 heteroatoms. The van der Waals surface area contributed by atoms with Crippen molar-refractivity contribution in [1.29, 1.82) is 0 Å². The number of carbonyl (C=O) groups excluding carboxylic acids is 1. The number of benzene rings is 2. The van der Waals surface area contributed by atoms with E-state index < -0.39 is 17.4 Å². The summed E-state index contributed by atoms with van der Waals surface area (Å²) < 4.78 is 26.5. The lowest BCUT2D eigenvalue weighted by molar-refractivity contribution is 0.0989. The maximum Gasteiger partial charge on any atom is 0.170 e. The molecule has 0 heterocycles. The summed E-state index contributed by atoms with van der Waals surface area (Å²) in [6.07, 6.45) is -0.0453. The Hall–Kier alpha value is -1.74. The van der Waals surface area contributed by atoms with Gasteiger partial charge < -0.3 is 0 Å². The Balaban J connectivity index is 2.22. The van der Waals surface area contributed by atoms with Crippen molar-refractivity contribution >= 4 is 17.4 Å². The van der Waals surface area contributed by atoms with E-state index in [0.717, 1.165) is 6.07 Å². The molecular formula is C14H9ClF2O. The third-order valence-electron chi connectivity index (χ3n) is 2.49. The van der Waals surface area contributed by atoms with Gasteiger partial charge in [0.1, 0.15) is 11.6 Å². The Morgan fingerprint density at radius 3 is 2.56 bits per heavy atom. The number of carbonyl (C=O) groups is 1. The van der Waals surface area contributed by atoms with Gasteiger partial charge in [-0.15, -0.1) is 0 Å². The molecule has 0 radical (unpaired) electrons. The van der Waals surface area contributed by atoms with Crippen LogP contribution in [0.2, 0.25) is 5.02 Å². The molecule has 0 aromatic heterocycles. The predicted octanol–water partition coefficient (Wildman–Crippen LogP) is 4.04. The summed E-state index contributed by atoms with van der Waals surface area (Å²) in [4.78, 5) is 11.9. The maximum absolute atomic E-state index is 13.5. The molecule has 18 heavy (non-hydrogen) atoms. The molecule has 2 aromatic carbocycles. The Morgan fingerprint density at radius 2 is 1.89 bits per heavy atom. The molecule has 0 atom stereocenters. The summed E-state index contributed by atoms with van der Waals surface area (Å²) in [5, 5.41) is 0.231. The van der Waals surface area contributed by atoms with Gasteiger partial charge in [0.05, 0.1) is 5.56 Å². The van der Waals surface area contributed by atoms with Gasteiger partial charge in [0, 0.05) is 11.4 Å². The average Bonchev–Trinajstić information content (AvgIpc) is 2.28. The molecule has 0 N–H and O–H groups in total. The van der Waals surface area contributed by atoms with Crippen LogP contribution in [0.3, 0.4) is 0 Å². The van der Waals surface area contributed by atoms with Crippen LogP contribution in [0.15, 0.2) is 42.5 Å². The second kappa shape index (κ2) is 5.27. The largest absolute Gasteiger partial charge is 0.294 e. The van der Waals surface area contributed by atoms with Gasteiger partial charge in [-0.3, -0.25) is 4.79 Å². The van der Waals surface area contributed by atoms with E-state index >= 15 is 0 Å². The van der Waals surface area contributed by atoms with Crippen LogP contribution in [0, 0.1) is 11.6 Å². The zero-order valence-corrected chi connectivity index (χ0v) is 10.0. The number of hydrogen-bond acceptors (Lipinski definition) is 1. The number of hydrogen-bond donors (Lipinski definition) is 0. The minimum absolute atomic E-state index is 0.0383. The fourth-order valence-corrected chi connectivity index (χ4v) is 1.80. The highest BCUT2D eigenvalue weighted by molar-refractivity contribution is 6.30. The second-order valence-corrected chi connectivity index (χ2v) is 4.29. The number of ketones is 1. The van der Waals surface area contributed by atoms with E-state index in [-0.39, 0.29) is 17.0 Å². The maximum atomic E-state index is 13.5. The number of rotatable bonds is 3. The molecule has 0 unspecified atom stereocenters. The summed E-state index contributed by atoms with van der Waals surface area (Å²) in [5.41, 5.74) is 0.470. The standard InChI is InChI=1S/C14H9ClF2O/c15-10-4-5-12(13(17)8-10)14(18)7-9-2-1-3-11(16)6-9/h1-6,8H,7H2. The van der Waals surface area contributed by atoms with E-state index in [4.69, 9.17) is 11.6 Å². The Bertz CT molecular complexity index is 596. The Morgan fingerprint density at radius 1 is 1.11 bits per heavy atom. The highest BCUT2D eigenvalue weighted by Crippen LogP contribution is 2.17. The van der Waals surface area contributed by atoms with Crippen LogP contribution in [-0.2, 0) is 6.42 Å². The van der Waals surface area contributed by atoms with Gasteiger partial charge in [-0.25, -0.2) is 8.78 Å². The molecule has 1 nitrogen and oxygen atoms in total. The van der Waals surface area contributed by atoms with Crippen molar-refractivity contribution in [3.05, 3.63) is 70.2 Å². The molecule has 0 aliphatic carbocycles. The lowest BCUT2D eigenvalue weighted by Crippen LogP contribution is -2.06. The Labute approximate surface area is 108 Å². The third kappa shape index (κ3) is 2.93. The fraction of sp³-hybridized carbons (Fsp3) is 0.0714. The van der Waals surface area contributed by atoms with Gasteiger partial charge in [0.15, 0.2) is 5.78 Å². The van der Waals surface area contributed by atoms with E-state index in [1.807, 2.05) is 0 Å². The summed E-state index contributed by atoms with van der Waals surface area (Å²) in [7, 11) is 0. The van der Waals surface area contributed by atoms with Crippen molar-refractivity contribution in [3.63, 3.8) is 0 Å². The molecule has 2 rings (SSSR count). The summed E-state index contributed by atoms with van der Waals surface area (Å²) in [5.74, 6) is -1.49. The quantitative estimate of drug-likeness (QED) is 0.766. The van der Waals surface area contributed by atoms with E-state index in [1.165, 1.54) is 30.3 Å². The molecule has 92 valence electrons. The van der Waals surface area contributed by atoms with Crippen molar-refractivity contribution < 1.29 is 13.6 Å². The highest BCUT2D eigenvalue weighted by Gasteiger charge is 2.12. The SMILES string of the molecule is O=C(Cc1cccc(F)c1)c1ccc(Cl)cc1F. The minimum Gasteiger partial charge on any atom is -0.294 e. The zero-order chi connectivity index (χ0) is 13.1. The molecule has 0 saturated heterocycles. The van der Waals surface area contributed by atoms with Gasteiger partial charge in [0.2, 0.25) is 0 Å². The van der Waals surface area contributed by atoms with Crippen molar-refractivity contribution in [2.24, 2.45) is 0 Å². The van der Waals surface area contributed by atoms with E-state index in [1.54, 1.807) is 6.07 Å². The molecular weight excluding hydrogens is 258 g/mol. The van der Waals surface area contributed by atoms with Gasteiger partial charge >= 0.3 is 0 Å². The monoisotopic (exact) mass is 266 g/mol. The van der Waals surface area contributed by atoms with Gasteiger partial charge in [0.25, 0.3) is 0 Å². The first kappa shape index (κ1) is 12.7. The van der Waals surface area contributed by atoms with Crippen molar-refractivity contribution in [1.82, 2.24) is 0 Å². The van der Waals surface area contributed by atoms with Crippen LogP contribution in [0.25, 0.3) is 0 Å². The van der Waals surface area contributed by atoms with Gasteiger partial charge in [-0.2, -0.15) is 0 Å². The molecule has 0 fully saturated rings. The van der Waals surface area contributed by atoms with Crippen LogP contribution in [0.4, 0.5) is 8.78 Å². The minimum atomic E-state index is -0.663. The van der Waals surface area contributed by atoms with E-state index in [9.17, 15) is 13.6 Å². The Kier molecular flexibility index (Phi) is 3.72. The predicted molar refractivity (Wildman–Crippen MR) is 65.8 cm³/mol.